The van der Waals surface area contributed by atoms with Gasteiger partial charge in [-0.25, -0.2) is 0 Å². The summed E-state index contributed by atoms with van der Waals surface area (Å²) >= 11 is 0. The molecule has 1 amide bonds. The van der Waals surface area contributed by atoms with Crippen LogP contribution in [0.1, 0.15) is 245 Å². The minimum atomic E-state index is -0.674. The van der Waals surface area contributed by atoms with E-state index in [0.717, 1.165) is 83.5 Å². The molecule has 0 radical (unpaired) electrons. The number of nitrogens with one attached hydrogen (secondary N) is 1. The van der Waals surface area contributed by atoms with Gasteiger partial charge in [0.05, 0.1) is 18.8 Å². The number of unbranched alkanes of at least 4 members (excludes halogenated alkanes) is 25. The lowest BCUT2D eigenvalue weighted by Crippen LogP contribution is -2.45. The molecule has 0 aromatic carbocycles. The molecule has 0 heterocycles. The van der Waals surface area contributed by atoms with Gasteiger partial charge in [0, 0.05) is 6.42 Å². The molecule has 0 aliphatic rings. The molecule has 0 bridgehead atoms. The molecule has 0 fully saturated rings. The monoisotopic (exact) mass is 834 g/mol. The summed E-state index contributed by atoms with van der Waals surface area (Å²) in [5.74, 6) is -0.0516. The van der Waals surface area contributed by atoms with E-state index in [1.165, 1.54) is 135 Å². The van der Waals surface area contributed by atoms with Crippen LogP contribution >= 0.6 is 0 Å². The predicted octanol–water partition coefficient (Wildman–Crippen LogP) is 16.8. The summed E-state index contributed by atoms with van der Waals surface area (Å²) in [6, 6.07) is -0.553. The zero-order valence-electron chi connectivity index (χ0n) is 39.7. The summed E-state index contributed by atoms with van der Waals surface area (Å²) in [4.78, 5) is 12.5. The highest BCUT2D eigenvalue weighted by molar-refractivity contribution is 5.76. The van der Waals surface area contributed by atoms with Gasteiger partial charge in [0.25, 0.3) is 0 Å². The zero-order valence-corrected chi connectivity index (χ0v) is 39.7. The third-order valence-corrected chi connectivity index (χ3v) is 11.4. The number of carbonyl (C=O) groups is 1. The van der Waals surface area contributed by atoms with Crippen molar-refractivity contribution >= 4 is 5.91 Å². The Hall–Kier alpha value is -2.43. The van der Waals surface area contributed by atoms with Gasteiger partial charge in [0.2, 0.25) is 5.91 Å². The van der Waals surface area contributed by atoms with Crippen LogP contribution in [0.15, 0.2) is 85.1 Å². The molecule has 0 aromatic rings. The largest absolute Gasteiger partial charge is 0.394 e. The van der Waals surface area contributed by atoms with E-state index in [1.807, 2.05) is 0 Å². The Kier molecular flexibility index (Phi) is 48.9. The molecule has 2 atom stereocenters. The number of rotatable bonds is 46. The van der Waals surface area contributed by atoms with Crippen molar-refractivity contribution in [1.29, 1.82) is 0 Å². The van der Waals surface area contributed by atoms with E-state index in [9.17, 15) is 15.0 Å². The van der Waals surface area contributed by atoms with Crippen LogP contribution < -0.4 is 5.32 Å². The fraction of sp³-hybridized carbons (Fsp3) is 0.732. The van der Waals surface area contributed by atoms with Gasteiger partial charge in [-0.05, 0) is 70.6 Å². The Morgan fingerprint density at radius 3 is 1.10 bits per heavy atom. The van der Waals surface area contributed by atoms with E-state index in [4.69, 9.17) is 0 Å². The number of hydrogen-bond acceptors (Lipinski definition) is 3. The van der Waals surface area contributed by atoms with Crippen molar-refractivity contribution in [2.75, 3.05) is 6.61 Å². The fourth-order valence-electron chi connectivity index (χ4n) is 7.52. The van der Waals surface area contributed by atoms with E-state index in [2.05, 4.69) is 104 Å². The van der Waals surface area contributed by atoms with Crippen molar-refractivity contribution in [2.24, 2.45) is 0 Å². The minimum absolute atomic E-state index is 0.0516. The van der Waals surface area contributed by atoms with Crippen molar-refractivity contribution in [1.82, 2.24) is 5.32 Å². The van der Waals surface area contributed by atoms with E-state index in [1.54, 1.807) is 0 Å². The predicted molar refractivity (Wildman–Crippen MR) is 267 cm³/mol. The first kappa shape index (κ1) is 57.6. The van der Waals surface area contributed by atoms with Crippen LogP contribution in [0.3, 0.4) is 0 Å². The van der Waals surface area contributed by atoms with Crippen molar-refractivity contribution in [3.05, 3.63) is 85.1 Å². The van der Waals surface area contributed by atoms with Crippen LogP contribution in [0.5, 0.6) is 0 Å². The third-order valence-electron chi connectivity index (χ3n) is 11.4. The standard InChI is InChI=1S/C56H99NO3/c1-3-5-7-9-11-13-15-17-19-21-23-25-26-27-28-29-30-32-34-36-38-40-42-44-46-48-50-52-56(60)57-54(53-58)55(59)51-49-47-45-43-41-39-37-35-33-31-24-22-20-18-16-14-12-10-8-6-4-2/h5,7,11,13,17,19,23,25,27-28,30,32,36,38,54-55,58-59H,3-4,6,8-10,12,14-16,18,20-22,24,26,29,31,33-35,37,39-53H2,1-2H3,(H,57,60)/b7-5-,13-11-,19-17-,25-23-,28-27-,32-30-,38-36-. The molecule has 0 saturated carbocycles. The van der Waals surface area contributed by atoms with Crippen LogP contribution in [0, 0.1) is 0 Å². The van der Waals surface area contributed by atoms with Gasteiger partial charge in [-0.15, -0.1) is 0 Å². The Balaban J connectivity index is 3.59. The molecule has 60 heavy (non-hydrogen) atoms. The van der Waals surface area contributed by atoms with Gasteiger partial charge in [-0.2, -0.15) is 0 Å². The van der Waals surface area contributed by atoms with Crippen LogP contribution in [0.2, 0.25) is 0 Å². The number of hydrogen-bond donors (Lipinski definition) is 3. The maximum absolute atomic E-state index is 12.5. The number of aliphatic hydroxyl groups is 2. The molecule has 0 saturated heterocycles. The molecule has 3 N–H and O–H groups in total. The average Bonchev–Trinajstić information content (AvgIpc) is 3.25. The van der Waals surface area contributed by atoms with Crippen molar-refractivity contribution < 1.29 is 15.0 Å². The van der Waals surface area contributed by atoms with Gasteiger partial charge in [0.1, 0.15) is 0 Å². The Bertz CT molecular complexity index is 1080. The zero-order chi connectivity index (χ0) is 43.5. The quantitative estimate of drug-likeness (QED) is 0.0423. The van der Waals surface area contributed by atoms with Gasteiger partial charge >= 0.3 is 0 Å². The van der Waals surface area contributed by atoms with Crippen molar-refractivity contribution in [2.45, 2.75) is 257 Å². The van der Waals surface area contributed by atoms with Crippen molar-refractivity contribution in [3.8, 4) is 0 Å². The summed E-state index contributed by atoms with van der Waals surface area (Å²) in [6.07, 6.45) is 73.9. The molecule has 4 nitrogen and oxygen atoms in total. The highest BCUT2D eigenvalue weighted by Gasteiger charge is 2.20. The first-order valence-corrected chi connectivity index (χ1v) is 25.8. The molecule has 2 unspecified atom stereocenters. The van der Waals surface area contributed by atoms with Gasteiger partial charge < -0.3 is 15.5 Å². The van der Waals surface area contributed by atoms with Crippen LogP contribution in [-0.4, -0.2) is 34.9 Å². The van der Waals surface area contributed by atoms with E-state index >= 15 is 0 Å². The summed E-state index contributed by atoms with van der Waals surface area (Å²) in [5, 5.41) is 23.3. The lowest BCUT2D eigenvalue weighted by atomic mass is 10.0. The van der Waals surface area contributed by atoms with E-state index < -0.39 is 12.1 Å². The van der Waals surface area contributed by atoms with Crippen LogP contribution in [-0.2, 0) is 4.79 Å². The molecule has 4 heteroatoms. The van der Waals surface area contributed by atoms with Gasteiger partial charge in [-0.3, -0.25) is 4.79 Å². The second-order valence-corrected chi connectivity index (χ2v) is 17.2. The minimum Gasteiger partial charge on any atom is -0.394 e. The van der Waals surface area contributed by atoms with E-state index in [0.29, 0.717) is 12.8 Å². The highest BCUT2D eigenvalue weighted by Crippen LogP contribution is 2.16. The second kappa shape index (κ2) is 50.9. The summed E-state index contributed by atoms with van der Waals surface area (Å²) < 4.78 is 0. The Morgan fingerprint density at radius 1 is 0.417 bits per heavy atom. The smallest absolute Gasteiger partial charge is 0.220 e. The molecule has 0 aliphatic carbocycles. The molecular formula is C56H99NO3. The molecule has 346 valence electrons. The lowest BCUT2D eigenvalue weighted by Gasteiger charge is -2.22. The maximum Gasteiger partial charge on any atom is 0.220 e. The first-order valence-electron chi connectivity index (χ1n) is 25.8. The molecule has 0 spiro atoms. The van der Waals surface area contributed by atoms with Gasteiger partial charge in [0.15, 0.2) is 0 Å². The number of amides is 1. The van der Waals surface area contributed by atoms with Crippen molar-refractivity contribution in [3.63, 3.8) is 0 Å². The molecular weight excluding hydrogens is 735 g/mol. The average molecular weight is 834 g/mol. The lowest BCUT2D eigenvalue weighted by molar-refractivity contribution is -0.123. The van der Waals surface area contributed by atoms with Crippen LogP contribution in [0.25, 0.3) is 0 Å². The number of aliphatic hydroxyl groups excluding tert-OH is 2. The summed E-state index contributed by atoms with van der Waals surface area (Å²) in [7, 11) is 0. The maximum atomic E-state index is 12.5. The van der Waals surface area contributed by atoms with Gasteiger partial charge in [-0.1, -0.05) is 253 Å². The molecule has 0 aromatic heterocycles. The normalized spacial score (nSPS) is 13.6. The second-order valence-electron chi connectivity index (χ2n) is 17.2. The first-order chi connectivity index (χ1) is 29.7. The molecule has 0 rings (SSSR count). The number of carbonyl (C=O) groups excluding carboxylic acids is 1. The van der Waals surface area contributed by atoms with E-state index in [-0.39, 0.29) is 12.5 Å². The topological polar surface area (TPSA) is 69.6 Å². The number of allylic oxidation sites excluding steroid dienone is 14. The fourth-order valence-corrected chi connectivity index (χ4v) is 7.52. The summed E-state index contributed by atoms with van der Waals surface area (Å²) in [5.41, 5.74) is 0. The third kappa shape index (κ3) is 46.6. The van der Waals surface area contributed by atoms with Crippen LogP contribution in [0.4, 0.5) is 0 Å². The Morgan fingerprint density at radius 2 is 0.733 bits per heavy atom. The molecule has 0 aliphatic heterocycles. The Labute approximate surface area is 373 Å². The SMILES string of the molecule is CC/C=C\C/C=C\C/C=C\C/C=C\C/C=C\C/C=C\C/C=C\CCCCCCCC(=O)NC(CO)C(O)CCCCCCCCCCCCCCCCCCCCCCC. The highest BCUT2D eigenvalue weighted by atomic mass is 16.3. The summed E-state index contributed by atoms with van der Waals surface area (Å²) in [6.45, 7) is 4.25.